The van der Waals surface area contributed by atoms with E-state index in [4.69, 9.17) is 0 Å². The zero-order valence-corrected chi connectivity index (χ0v) is 15.8. The number of hydrogen-bond donors (Lipinski definition) is 0. The van der Waals surface area contributed by atoms with Crippen molar-refractivity contribution in [3.63, 3.8) is 0 Å². The molecule has 1 rings (SSSR count). The first-order chi connectivity index (χ1) is 11.3. The number of nitrogens with zero attached hydrogens (tertiary/aromatic N) is 1. The van der Waals surface area contributed by atoms with Gasteiger partial charge < -0.3 is 4.74 Å². The highest BCUT2D eigenvalue weighted by Crippen LogP contribution is 2.33. The van der Waals surface area contributed by atoms with E-state index in [0.717, 1.165) is 12.1 Å². The van der Waals surface area contributed by atoms with Gasteiger partial charge >= 0.3 is 11.9 Å². The molecular formula is C17H22F3NO3S. The largest absolute Gasteiger partial charge is 0.458 e. The Hall–Kier alpha value is -1.70. The summed E-state index contributed by atoms with van der Waals surface area (Å²) in [4.78, 5) is 11.6. The van der Waals surface area contributed by atoms with E-state index in [2.05, 4.69) is 9.13 Å². The molecule has 0 saturated carbocycles. The van der Waals surface area contributed by atoms with Gasteiger partial charge in [-0.25, -0.2) is 13.4 Å². The van der Waals surface area contributed by atoms with Gasteiger partial charge in [0.15, 0.2) is 0 Å². The quantitative estimate of drug-likeness (QED) is 0.572. The van der Waals surface area contributed by atoms with Crippen molar-refractivity contribution in [2.45, 2.75) is 58.3 Å². The van der Waals surface area contributed by atoms with Gasteiger partial charge in [0.1, 0.15) is 16.8 Å². The molecule has 0 N–H and O–H groups in total. The molecule has 4 nitrogen and oxygen atoms in total. The van der Waals surface area contributed by atoms with E-state index in [1.807, 2.05) is 0 Å². The number of carbonyl (C=O) groups excluding carboxylic acids is 1. The fraction of sp³-hybridized carbons (Fsp3) is 0.529. The second-order valence-corrected chi connectivity index (χ2v) is 8.67. The van der Waals surface area contributed by atoms with Crippen molar-refractivity contribution in [3.05, 3.63) is 35.1 Å². The van der Waals surface area contributed by atoms with Crippen LogP contribution in [0.1, 0.15) is 52.7 Å². The molecule has 0 heterocycles. The Morgan fingerprint density at radius 3 is 2.28 bits per heavy atom. The van der Waals surface area contributed by atoms with E-state index >= 15 is 0 Å². The fourth-order valence-electron chi connectivity index (χ4n) is 1.70. The average molecular weight is 377 g/mol. The Morgan fingerprint density at radius 2 is 1.80 bits per heavy atom. The summed E-state index contributed by atoms with van der Waals surface area (Å²) in [5.74, 6) is -7.21. The van der Waals surface area contributed by atoms with Gasteiger partial charge in [0, 0.05) is 0 Å². The van der Waals surface area contributed by atoms with E-state index < -0.39 is 45.1 Å². The lowest BCUT2D eigenvalue weighted by atomic mass is 10.0. The van der Waals surface area contributed by atoms with Crippen molar-refractivity contribution >= 4 is 22.7 Å². The predicted molar refractivity (Wildman–Crippen MR) is 91.6 cm³/mol. The van der Waals surface area contributed by atoms with Crippen molar-refractivity contribution in [2.75, 3.05) is 0 Å². The van der Waals surface area contributed by atoms with Crippen LogP contribution in [-0.2, 0) is 26.4 Å². The summed E-state index contributed by atoms with van der Waals surface area (Å²) in [6.45, 7) is 9.45. The molecule has 0 fully saturated rings. The van der Waals surface area contributed by atoms with Crippen LogP contribution in [0.4, 0.5) is 13.2 Å². The SMILES string of the molecule is C/C(=N/[S@](=O)C(C)(C)C)c1ccc(F)c(C(F)(F)C(=O)OC(C)C)c1. The lowest BCUT2D eigenvalue weighted by molar-refractivity contribution is -0.178. The van der Waals surface area contributed by atoms with Crippen LogP contribution >= 0.6 is 0 Å². The van der Waals surface area contributed by atoms with Crippen LogP contribution in [0.25, 0.3) is 0 Å². The van der Waals surface area contributed by atoms with Crippen LogP contribution < -0.4 is 0 Å². The van der Waals surface area contributed by atoms with Gasteiger partial charge in [-0.3, -0.25) is 0 Å². The molecule has 0 aliphatic carbocycles. The maximum atomic E-state index is 14.3. The minimum absolute atomic E-state index is 0.144. The smallest absolute Gasteiger partial charge is 0.382 e. The summed E-state index contributed by atoms with van der Waals surface area (Å²) in [5.41, 5.74) is -0.764. The van der Waals surface area contributed by atoms with Crippen molar-refractivity contribution in [2.24, 2.45) is 4.40 Å². The summed E-state index contributed by atoms with van der Waals surface area (Å²) in [6, 6.07) is 2.89. The van der Waals surface area contributed by atoms with Crippen LogP contribution in [0.2, 0.25) is 0 Å². The molecule has 1 aromatic rings. The topological polar surface area (TPSA) is 55.7 Å². The third-order valence-corrected chi connectivity index (χ3v) is 4.55. The number of rotatable bonds is 5. The lowest BCUT2D eigenvalue weighted by Gasteiger charge is -2.19. The second kappa shape index (κ2) is 7.68. The first-order valence-electron chi connectivity index (χ1n) is 7.63. The highest BCUT2D eigenvalue weighted by molar-refractivity contribution is 7.85. The van der Waals surface area contributed by atoms with Gasteiger partial charge in [-0.05, 0) is 59.2 Å². The number of carbonyl (C=O) groups is 1. The van der Waals surface area contributed by atoms with Gasteiger partial charge in [-0.15, -0.1) is 0 Å². The van der Waals surface area contributed by atoms with Crippen molar-refractivity contribution in [1.29, 1.82) is 0 Å². The summed E-state index contributed by atoms with van der Waals surface area (Å²) in [6.07, 6.45) is -0.762. The summed E-state index contributed by atoms with van der Waals surface area (Å²) in [7, 11) is -1.60. The molecule has 0 amide bonds. The lowest BCUT2D eigenvalue weighted by Crippen LogP contribution is -2.31. The molecule has 25 heavy (non-hydrogen) atoms. The minimum Gasteiger partial charge on any atom is -0.458 e. The molecule has 0 aliphatic rings. The number of alkyl halides is 2. The van der Waals surface area contributed by atoms with Crippen molar-refractivity contribution in [1.82, 2.24) is 0 Å². The maximum Gasteiger partial charge on any atom is 0.382 e. The Bertz CT molecular complexity index is 710. The highest BCUT2D eigenvalue weighted by Gasteiger charge is 2.45. The molecule has 8 heteroatoms. The zero-order chi connectivity index (χ0) is 19.6. The van der Waals surface area contributed by atoms with Crippen LogP contribution in [0.15, 0.2) is 22.6 Å². The van der Waals surface area contributed by atoms with Crippen molar-refractivity contribution in [3.8, 4) is 0 Å². The Morgan fingerprint density at radius 1 is 1.24 bits per heavy atom. The molecule has 1 atom stereocenters. The molecule has 1 aromatic carbocycles. The van der Waals surface area contributed by atoms with Gasteiger partial charge in [0.25, 0.3) is 0 Å². The van der Waals surface area contributed by atoms with E-state index in [0.29, 0.717) is 0 Å². The molecule has 0 bridgehead atoms. The van der Waals surface area contributed by atoms with E-state index in [-0.39, 0.29) is 11.3 Å². The second-order valence-electron chi connectivity index (χ2n) is 6.76. The number of hydrogen-bond acceptors (Lipinski definition) is 3. The van der Waals surface area contributed by atoms with Gasteiger partial charge in [-0.1, -0.05) is 6.07 Å². The predicted octanol–water partition coefficient (Wildman–Crippen LogP) is 4.14. The molecule has 0 saturated heterocycles. The first-order valence-corrected chi connectivity index (χ1v) is 8.74. The van der Waals surface area contributed by atoms with Crippen molar-refractivity contribution < 1.29 is 26.9 Å². The summed E-state index contributed by atoms with van der Waals surface area (Å²) in [5, 5.41) is 0. The Balaban J connectivity index is 3.30. The average Bonchev–Trinajstić information content (AvgIpc) is 2.45. The molecule has 0 aromatic heterocycles. The number of benzene rings is 1. The molecule has 0 radical (unpaired) electrons. The Kier molecular flexibility index (Phi) is 6.55. The monoisotopic (exact) mass is 377 g/mol. The number of halogens is 3. The molecule has 140 valence electrons. The van der Waals surface area contributed by atoms with Crippen LogP contribution in [-0.4, -0.2) is 26.7 Å². The first kappa shape index (κ1) is 21.3. The van der Waals surface area contributed by atoms with E-state index in [9.17, 15) is 22.2 Å². The number of ether oxygens (including phenoxy) is 1. The third kappa shape index (κ3) is 5.39. The van der Waals surface area contributed by atoms with E-state index in [1.54, 1.807) is 20.8 Å². The third-order valence-electron chi connectivity index (χ3n) is 3.07. The zero-order valence-electron chi connectivity index (χ0n) is 15.0. The molecular weight excluding hydrogens is 355 g/mol. The summed E-state index contributed by atoms with van der Waals surface area (Å²) < 4.78 is 62.3. The molecule has 0 spiro atoms. The number of esters is 1. The highest BCUT2D eigenvalue weighted by atomic mass is 32.2. The van der Waals surface area contributed by atoms with Crippen LogP contribution in [0, 0.1) is 5.82 Å². The van der Waals surface area contributed by atoms with Crippen LogP contribution in [0.5, 0.6) is 0 Å². The minimum atomic E-state index is -4.15. The molecule has 0 aliphatic heterocycles. The standard InChI is InChI=1S/C17H22F3NO3S/c1-10(2)24-15(22)17(19,20)13-9-12(7-8-14(13)18)11(3)21-25(23)16(4,5)6/h7-10H,1-6H3/b21-11-/t25-/m1/s1. The van der Waals surface area contributed by atoms with Gasteiger partial charge in [0.05, 0.1) is 22.1 Å². The normalized spacial score (nSPS) is 14.6. The van der Waals surface area contributed by atoms with Gasteiger partial charge in [0.2, 0.25) is 0 Å². The van der Waals surface area contributed by atoms with Gasteiger partial charge in [-0.2, -0.15) is 13.2 Å². The van der Waals surface area contributed by atoms with E-state index in [1.165, 1.54) is 26.8 Å². The maximum absolute atomic E-state index is 14.3. The fourth-order valence-corrected chi connectivity index (χ4v) is 2.33. The molecule has 0 unspecified atom stereocenters. The van der Waals surface area contributed by atoms with Crippen LogP contribution in [0.3, 0.4) is 0 Å². The Labute approximate surface area is 148 Å². The summed E-state index contributed by atoms with van der Waals surface area (Å²) >= 11 is 0.